The highest BCUT2D eigenvalue weighted by Crippen LogP contribution is 2.18. The van der Waals surface area contributed by atoms with Crippen LogP contribution < -0.4 is 0 Å². The van der Waals surface area contributed by atoms with Crippen molar-refractivity contribution in [2.45, 2.75) is 25.7 Å². The van der Waals surface area contributed by atoms with Gasteiger partial charge in [-0.15, -0.1) is 0 Å². The summed E-state index contributed by atoms with van der Waals surface area (Å²) in [6, 6.07) is 7.54. The molecule has 20 heavy (non-hydrogen) atoms. The molecule has 1 N–H and O–H groups in total. The standard InChI is InChI=1S/C15H20N2O3/c1-17(9-5-2-6-10-18)15(19)11-13-12-7-3-4-8-14(12)20-16-13/h3-4,7-8,18H,2,5-6,9-11H2,1H3. The van der Waals surface area contributed by atoms with Crippen molar-refractivity contribution in [2.24, 2.45) is 0 Å². The molecule has 1 aromatic carbocycles. The molecule has 0 unspecified atom stereocenters. The number of aromatic nitrogens is 1. The molecule has 0 bridgehead atoms. The molecular weight excluding hydrogens is 256 g/mol. The normalized spacial score (nSPS) is 10.9. The Hall–Kier alpha value is -1.88. The highest BCUT2D eigenvalue weighted by atomic mass is 16.5. The number of aliphatic hydroxyl groups excluding tert-OH is 1. The average Bonchev–Trinajstić information content (AvgIpc) is 2.87. The number of carbonyl (C=O) groups excluding carboxylic acids is 1. The summed E-state index contributed by atoms with van der Waals surface area (Å²) in [6.45, 7) is 0.914. The van der Waals surface area contributed by atoms with Crippen LogP contribution in [0.3, 0.4) is 0 Å². The molecule has 0 aliphatic heterocycles. The SMILES string of the molecule is CN(CCCCCO)C(=O)Cc1noc2ccccc12. The number of amides is 1. The number of hydrogen-bond donors (Lipinski definition) is 1. The van der Waals surface area contributed by atoms with E-state index in [1.807, 2.05) is 24.3 Å². The molecule has 1 amide bonds. The predicted molar refractivity (Wildman–Crippen MR) is 76.3 cm³/mol. The fraction of sp³-hybridized carbons (Fsp3) is 0.467. The number of unbranched alkanes of at least 4 members (excludes halogenated alkanes) is 2. The molecule has 0 saturated carbocycles. The first-order valence-corrected chi connectivity index (χ1v) is 6.90. The van der Waals surface area contributed by atoms with Gasteiger partial charge in [-0.05, 0) is 31.4 Å². The van der Waals surface area contributed by atoms with Gasteiger partial charge in [0.15, 0.2) is 5.58 Å². The van der Waals surface area contributed by atoms with Crippen LogP contribution in [0.15, 0.2) is 28.8 Å². The van der Waals surface area contributed by atoms with E-state index in [2.05, 4.69) is 5.16 Å². The topological polar surface area (TPSA) is 66.6 Å². The number of aliphatic hydroxyl groups is 1. The van der Waals surface area contributed by atoms with Crippen LogP contribution in [0.5, 0.6) is 0 Å². The highest BCUT2D eigenvalue weighted by molar-refractivity contribution is 5.86. The number of benzene rings is 1. The van der Waals surface area contributed by atoms with E-state index in [4.69, 9.17) is 9.63 Å². The van der Waals surface area contributed by atoms with E-state index < -0.39 is 0 Å². The summed E-state index contributed by atoms with van der Waals surface area (Å²) in [5.41, 5.74) is 1.40. The van der Waals surface area contributed by atoms with Crippen LogP contribution in [-0.2, 0) is 11.2 Å². The van der Waals surface area contributed by atoms with Gasteiger partial charge in [-0.3, -0.25) is 4.79 Å². The van der Waals surface area contributed by atoms with Crippen molar-refractivity contribution in [2.75, 3.05) is 20.2 Å². The molecule has 0 atom stereocenters. The number of carbonyl (C=O) groups is 1. The van der Waals surface area contributed by atoms with Gasteiger partial charge in [0.05, 0.1) is 6.42 Å². The zero-order valence-corrected chi connectivity index (χ0v) is 11.7. The molecule has 2 rings (SSSR count). The first-order valence-electron chi connectivity index (χ1n) is 6.90. The molecule has 0 spiro atoms. The molecule has 5 heteroatoms. The van der Waals surface area contributed by atoms with E-state index >= 15 is 0 Å². The molecule has 0 fully saturated rings. The largest absolute Gasteiger partial charge is 0.396 e. The Morgan fingerprint density at radius 3 is 2.90 bits per heavy atom. The van der Waals surface area contributed by atoms with Crippen molar-refractivity contribution in [3.8, 4) is 0 Å². The third-order valence-electron chi connectivity index (χ3n) is 3.35. The Morgan fingerprint density at radius 2 is 2.10 bits per heavy atom. The predicted octanol–water partition coefficient (Wildman–Crippen LogP) is 1.99. The lowest BCUT2D eigenvalue weighted by Crippen LogP contribution is -2.29. The van der Waals surface area contributed by atoms with Crippen LogP contribution in [-0.4, -0.2) is 41.3 Å². The van der Waals surface area contributed by atoms with Crippen molar-refractivity contribution in [3.63, 3.8) is 0 Å². The van der Waals surface area contributed by atoms with Gasteiger partial charge in [0, 0.05) is 25.6 Å². The summed E-state index contributed by atoms with van der Waals surface area (Å²) >= 11 is 0. The molecule has 1 aromatic heterocycles. The van der Waals surface area contributed by atoms with E-state index in [0.717, 1.165) is 24.6 Å². The van der Waals surface area contributed by atoms with Crippen LogP contribution in [0.2, 0.25) is 0 Å². The maximum Gasteiger partial charge on any atom is 0.228 e. The van der Waals surface area contributed by atoms with E-state index in [0.29, 0.717) is 17.8 Å². The minimum absolute atomic E-state index is 0.0352. The molecule has 108 valence electrons. The summed E-state index contributed by atoms with van der Waals surface area (Å²) in [5.74, 6) is 0.0352. The number of likely N-dealkylation sites (N-methyl/N-ethyl adjacent to an activating group) is 1. The second-order valence-electron chi connectivity index (χ2n) is 4.90. The van der Waals surface area contributed by atoms with Crippen molar-refractivity contribution in [1.82, 2.24) is 10.1 Å². The minimum Gasteiger partial charge on any atom is -0.396 e. The molecular formula is C15H20N2O3. The van der Waals surface area contributed by atoms with Gasteiger partial charge in [-0.1, -0.05) is 17.3 Å². The molecule has 1 heterocycles. The molecule has 0 radical (unpaired) electrons. The minimum atomic E-state index is 0.0352. The molecule has 0 aliphatic rings. The lowest BCUT2D eigenvalue weighted by Gasteiger charge is -2.16. The van der Waals surface area contributed by atoms with Gasteiger partial charge in [0.1, 0.15) is 5.69 Å². The van der Waals surface area contributed by atoms with Crippen LogP contribution in [0.4, 0.5) is 0 Å². The smallest absolute Gasteiger partial charge is 0.228 e. The van der Waals surface area contributed by atoms with Crippen molar-refractivity contribution < 1.29 is 14.4 Å². The third kappa shape index (κ3) is 3.57. The second kappa shape index (κ2) is 7.05. The van der Waals surface area contributed by atoms with Crippen LogP contribution >= 0.6 is 0 Å². The number of fused-ring (bicyclic) bond motifs is 1. The molecule has 0 aliphatic carbocycles. The average molecular weight is 276 g/mol. The summed E-state index contributed by atoms with van der Waals surface area (Å²) in [5, 5.41) is 13.6. The summed E-state index contributed by atoms with van der Waals surface area (Å²) in [4.78, 5) is 13.8. The number of para-hydroxylation sites is 1. The Bertz CT molecular complexity index is 565. The zero-order chi connectivity index (χ0) is 14.4. The summed E-state index contributed by atoms with van der Waals surface area (Å²) < 4.78 is 5.19. The van der Waals surface area contributed by atoms with Crippen molar-refractivity contribution >= 4 is 16.9 Å². The van der Waals surface area contributed by atoms with E-state index in [9.17, 15) is 4.79 Å². The van der Waals surface area contributed by atoms with Crippen molar-refractivity contribution in [1.29, 1.82) is 0 Å². The molecule has 2 aromatic rings. The van der Waals surface area contributed by atoms with Gasteiger partial charge in [-0.2, -0.15) is 0 Å². The number of nitrogens with zero attached hydrogens (tertiary/aromatic N) is 2. The summed E-state index contributed by atoms with van der Waals surface area (Å²) in [7, 11) is 1.80. The van der Waals surface area contributed by atoms with Gasteiger partial charge in [0.2, 0.25) is 5.91 Å². The van der Waals surface area contributed by atoms with Crippen molar-refractivity contribution in [3.05, 3.63) is 30.0 Å². The lowest BCUT2D eigenvalue weighted by atomic mass is 10.1. The van der Waals surface area contributed by atoms with E-state index in [1.165, 1.54) is 0 Å². The monoisotopic (exact) mass is 276 g/mol. The Morgan fingerprint density at radius 1 is 1.30 bits per heavy atom. The van der Waals surface area contributed by atoms with Gasteiger partial charge >= 0.3 is 0 Å². The van der Waals surface area contributed by atoms with Gasteiger partial charge in [-0.25, -0.2) is 0 Å². The fourth-order valence-corrected chi connectivity index (χ4v) is 2.11. The Balaban J connectivity index is 1.90. The maximum atomic E-state index is 12.1. The summed E-state index contributed by atoms with van der Waals surface area (Å²) in [6.07, 6.45) is 2.88. The van der Waals surface area contributed by atoms with Crippen LogP contribution in [0.1, 0.15) is 25.0 Å². The van der Waals surface area contributed by atoms with Crippen LogP contribution in [0, 0.1) is 0 Å². The van der Waals surface area contributed by atoms with E-state index in [-0.39, 0.29) is 18.9 Å². The third-order valence-corrected chi connectivity index (χ3v) is 3.35. The van der Waals surface area contributed by atoms with Crippen LogP contribution in [0.25, 0.3) is 11.0 Å². The first-order chi connectivity index (χ1) is 9.72. The Kier molecular flexibility index (Phi) is 5.12. The zero-order valence-electron chi connectivity index (χ0n) is 11.7. The van der Waals surface area contributed by atoms with Gasteiger partial charge < -0.3 is 14.5 Å². The van der Waals surface area contributed by atoms with E-state index in [1.54, 1.807) is 11.9 Å². The second-order valence-corrected chi connectivity index (χ2v) is 4.90. The lowest BCUT2D eigenvalue weighted by molar-refractivity contribution is -0.129. The maximum absolute atomic E-state index is 12.1. The Labute approximate surface area is 118 Å². The number of rotatable bonds is 7. The van der Waals surface area contributed by atoms with Gasteiger partial charge in [0.25, 0.3) is 0 Å². The fourth-order valence-electron chi connectivity index (χ4n) is 2.11. The number of hydrogen-bond acceptors (Lipinski definition) is 4. The first kappa shape index (κ1) is 14.5. The molecule has 0 saturated heterocycles. The molecule has 5 nitrogen and oxygen atoms in total. The quantitative estimate of drug-likeness (QED) is 0.785. The highest BCUT2D eigenvalue weighted by Gasteiger charge is 2.14.